The van der Waals surface area contributed by atoms with Gasteiger partial charge in [0, 0.05) is 5.38 Å². The highest BCUT2D eigenvalue weighted by molar-refractivity contribution is 7.16. The summed E-state index contributed by atoms with van der Waals surface area (Å²) in [7, 11) is 0. The first-order chi connectivity index (χ1) is 12.0. The van der Waals surface area contributed by atoms with Gasteiger partial charge in [-0.2, -0.15) is 5.26 Å². The number of rotatable bonds is 4. The number of benzene rings is 1. The van der Waals surface area contributed by atoms with Gasteiger partial charge in [0.15, 0.2) is 5.13 Å². The van der Waals surface area contributed by atoms with Crippen molar-refractivity contribution in [1.29, 1.82) is 5.26 Å². The zero-order valence-corrected chi connectivity index (χ0v) is 15.1. The smallest absolute Gasteiger partial charge is 0.230 e. The molecule has 0 bridgehead atoms. The summed E-state index contributed by atoms with van der Waals surface area (Å²) in [6, 6.07) is 5.83. The molecule has 25 heavy (non-hydrogen) atoms. The first kappa shape index (κ1) is 17.2. The second-order valence-electron chi connectivity index (χ2n) is 5.34. The number of carbonyl (C=O) groups is 1. The molecular weight excluding hydrogens is 359 g/mol. The van der Waals surface area contributed by atoms with Crippen LogP contribution >= 0.6 is 22.7 Å². The topological polar surface area (TPSA) is 78.7 Å². The van der Waals surface area contributed by atoms with Crippen molar-refractivity contribution in [3.05, 3.63) is 51.2 Å². The molecule has 3 aromatic rings. The monoisotopic (exact) mass is 372 g/mol. The third kappa shape index (κ3) is 3.90. The van der Waals surface area contributed by atoms with E-state index in [-0.39, 0.29) is 17.9 Å². The average molecular weight is 372 g/mol. The maximum atomic E-state index is 13.3. The molecule has 2 heterocycles. The van der Waals surface area contributed by atoms with Crippen molar-refractivity contribution in [1.82, 2.24) is 9.97 Å². The van der Waals surface area contributed by atoms with Crippen molar-refractivity contribution in [2.45, 2.75) is 20.3 Å². The minimum Gasteiger partial charge on any atom is -0.302 e. The van der Waals surface area contributed by atoms with Gasteiger partial charge in [0.1, 0.15) is 11.9 Å². The van der Waals surface area contributed by atoms with Crippen molar-refractivity contribution in [3.63, 3.8) is 0 Å². The molecule has 0 aliphatic carbocycles. The number of aromatic nitrogens is 2. The molecule has 3 rings (SSSR count). The predicted octanol–water partition coefficient (Wildman–Crippen LogP) is 4.08. The van der Waals surface area contributed by atoms with Crippen LogP contribution in [-0.4, -0.2) is 15.9 Å². The number of carbonyl (C=O) groups excluding carboxylic acids is 1. The van der Waals surface area contributed by atoms with Crippen LogP contribution in [0.15, 0.2) is 23.6 Å². The van der Waals surface area contributed by atoms with Gasteiger partial charge in [-0.05, 0) is 31.5 Å². The number of hydrogen-bond acceptors (Lipinski definition) is 6. The van der Waals surface area contributed by atoms with E-state index in [4.69, 9.17) is 5.26 Å². The standard InChI is InChI=1S/C17H13FN4OS2/c1-9-16(25-10(2)20-9)14-8-24-17(21-14)22-15(23)6-11-3-4-13(18)12(5-11)7-19/h3-5,8H,6H2,1-2H3,(H,21,22,23). The number of aryl methyl sites for hydroxylation is 2. The number of nitriles is 1. The van der Waals surface area contributed by atoms with E-state index < -0.39 is 5.82 Å². The number of anilines is 1. The Kier molecular flexibility index (Phi) is 4.88. The molecule has 0 atom stereocenters. The number of hydrogen-bond donors (Lipinski definition) is 1. The Morgan fingerprint density at radius 2 is 2.16 bits per heavy atom. The molecule has 0 fully saturated rings. The van der Waals surface area contributed by atoms with Gasteiger partial charge in [-0.1, -0.05) is 6.07 Å². The molecule has 0 aliphatic rings. The summed E-state index contributed by atoms with van der Waals surface area (Å²) in [6.45, 7) is 3.87. The van der Waals surface area contributed by atoms with E-state index in [1.165, 1.54) is 29.5 Å². The largest absolute Gasteiger partial charge is 0.302 e. The number of nitrogens with zero attached hydrogens (tertiary/aromatic N) is 3. The summed E-state index contributed by atoms with van der Waals surface area (Å²) < 4.78 is 13.3. The lowest BCUT2D eigenvalue weighted by Gasteiger charge is -2.03. The Morgan fingerprint density at radius 1 is 1.36 bits per heavy atom. The molecule has 0 unspecified atom stereocenters. The molecule has 0 radical (unpaired) electrons. The summed E-state index contributed by atoms with van der Waals surface area (Å²) in [4.78, 5) is 21.9. The lowest BCUT2D eigenvalue weighted by molar-refractivity contribution is -0.115. The normalized spacial score (nSPS) is 10.5. The Hall–Kier alpha value is -2.63. The minimum atomic E-state index is -0.591. The van der Waals surface area contributed by atoms with Gasteiger partial charge < -0.3 is 5.32 Å². The molecule has 1 amide bonds. The fourth-order valence-corrected chi connectivity index (χ4v) is 3.99. The molecule has 1 N–H and O–H groups in total. The number of thiazole rings is 2. The van der Waals surface area contributed by atoms with Crippen molar-refractivity contribution >= 4 is 33.7 Å². The van der Waals surface area contributed by atoms with Gasteiger partial charge in [-0.15, -0.1) is 22.7 Å². The van der Waals surface area contributed by atoms with Gasteiger partial charge >= 0.3 is 0 Å². The minimum absolute atomic E-state index is 0.0442. The van der Waals surface area contributed by atoms with Gasteiger partial charge in [-0.25, -0.2) is 14.4 Å². The summed E-state index contributed by atoms with van der Waals surface area (Å²) >= 11 is 2.90. The van der Waals surface area contributed by atoms with Crippen LogP contribution in [-0.2, 0) is 11.2 Å². The van der Waals surface area contributed by atoms with Crippen LogP contribution < -0.4 is 5.32 Å². The molecule has 0 saturated carbocycles. The van der Waals surface area contributed by atoms with E-state index in [0.717, 1.165) is 21.3 Å². The summed E-state index contributed by atoms with van der Waals surface area (Å²) in [6.07, 6.45) is 0.0442. The van der Waals surface area contributed by atoms with Crippen LogP contribution in [0.25, 0.3) is 10.6 Å². The molecular formula is C17H13FN4OS2. The van der Waals surface area contributed by atoms with Crippen LogP contribution in [0.5, 0.6) is 0 Å². The molecule has 5 nitrogen and oxygen atoms in total. The van der Waals surface area contributed by atoms with Crippen molar-refractivity contribution in [2.75, 3.05) is 5.32 Å². The fraction of sp³-hybridized carbons (Fsp3) is 0.176. The summed E-state index contributed by atoms with van der Waals surface area (Å²) in [5, 5.41) is 14.9. The van der Waals surface area contributed by atoms with Crippen LogP contribution in [0.2, 0.25) is 0 Å². The molecule has 2 aromatic heterocycles. The molecule has 1 aromatic carbocycles. The lowest BCUT2D eigenvalue weighted by Crippen LogP contribution is -2.14. The SMILES string of the molecule is Cc1nc(C)c(-c2csc(NC(=O)Cc3ccc(F)c(C#N)c3)n2)s1. The van der Waals surface area contributed by atoms with Crippen LogP contribution in [0.1, 0.15) is 21.8 Å². The van der Waals surface area contributed by atoms with E-state index in [2.05, 4.69) is 15.3 Å². The number of nitrogens with one attached hydrogen (secondary N) is 1. The second kappa shape index (κ2) is 7.09. The van der Waals surface area contributed by atoms with E-state index >= 15 is 0 Å². The first-order valence-electron chi connectivity index (χ1n) is 7.34. The molecule has 0 aliphatic heterocycles. The molecule has 0 saturated heterocycles. The third-order valence-corrected chi connectivity index (χ3v) is 5.26. The van der Waals surface area contributed by atoms with Crippen molar-refractivity contribution in [2.24, 2.45) is 0 Å². The number of halogens is 1. The fourth-order valence-electron chi connectivity index (χ4n) is 2.32. The predicted molar refractivity (Wildman–Crippen MR) is 96.1 cm³/mol. The van der Waals surface area contributed by atoms with Crippen LogP contribution in [0.4, 0.5) is 9.52 Å². The Morgan fingerprint density at radius 3 is 2.84 bits per heavy atom. The first-order valence-corrected chi connectivity index (χ1v) is 9.04. The molecule has 0 spiro atoms. The Bertz CT molecular complexity index is 987. The quantitative estimate of drug-likeness (QED) is 0.748. The van der Waals surface area contributed by atoms with Gasteiger partial charge in [-0.3, -0.25) is 4.79 Å². The highest BCUT2D eigenvalue weighted by Crippen LogP contribution is 2.32. The van der Waals surface area contributed by atoms with Crippen LogP contribution in [0, 0.1) is 31.0 Å². The summed E-state index contributed by atoms with van der Waals surface area (Å²) in [5.41, 5.74) is 2.21. The zero-order valence-electron chi connectivity index (χ0n) is 13.5. The average Bonchev–Trinajstić information content (AvgIpc) is 3.15. The highest BCUT2D eigenvalue weighted by Gasteiger charge is 2.13. The maximum absolute atomic E-state index is 13.3. The van der Waals surface area contributed by atoms with Gasteiger partial charge in [0.25, 0.3) is 0 Å². The van der Waals surface area contributed by atoms with E-state index in [1.54, 1.807) is 17.4 Å². The lowest BCUT2D eigenvalue weighted by atomic mass is 10.1. The van der Waals surface area contributed by atoms with E-state index in [0.29, 0.717) is 10.7 Å². The van der Waals surface area contributed by atoms with Crippen molar-refractivity contribution in [3.8, 4) is 16.6 Å². The van der Waals surface area contributed by atoms with Crippen molar-refractivity contribution < 1.29 is 9.18 Å². The third-order valence-electron chi connectivity index (χ3n) is 3.40. The van der Waals surface area contributed by atoms with Gasteiger partial charge in [0.05, 0.1) is 33.3 Å². The highest BCUT2D eigenvalue weighted by atomic mass is 32.1. The van der Waals surface area contributed by atoms with E-state index in [1.807, 2.05) is 19.2 Å². The van der Waals surface area contributed by atoms with E-state index in [9.17, 15) is 9.18 Å². The maximum Gasteiger partial charge on any atom is 0.230 e. The summed E-state index contributed by atoms with van der Waals surface area (Å²) in [5.74, 6) is -0.861. The Balaban J connectivity index is 1.70. The number of amides is 1. The molecule has 8 heteroatoms. The zero-order chi connectivity index (χ0) is 18.0. The second-order valence-corrected chi connectivity index (χ2v) is 7.40. The Labute approximate surface area is 151 Å². The van der Waals surface area contributed by atoms with Gasteiger partial charge in [0.2, 0.25) is 5.91 Å². The van der Waals surface area contributed by atoms with Crippen LogP contribution in [0.3, 0.4) is 0 Å². The molecule has 126 valence electrons.